The lowest BCUT2D eigenvalue weighted by atomic mass is 10.1. The average molecular weight is 279 g/mol. The van der Waals surface area contributed by atoms with Gasteiger partial charge in [0, 0.05) is 0 Å². The van der Waals surface area contributed by atoms with Crippen LogP contribution in [0.2, 0.25) is 0 Å². The molecule has 0 atom stereocenters. The van der Waals surface area contributed by atoms with E-state index in [0.717, 1.165) is 12.1 Å². The minimum Gasteiger partial charge on any atom is -0.488 e. The summed E-state index contributed by atoms with van der Waals surface area (Å²) in [6.07, 6.45) is 0. The lowest BCUT2D eigenvalue weighted by Gasteiger charge is -2.14. The van der Waals surface area contributed by atoms with E-state index in [9.17, 15) is 18.8 Å². The summed E-state index contributed by atoms with van der Waals surface area (Å²) in [5.41, 5.74) is -2.03. The Labute approximate surface area is 112 Å². The highest BCUT2D eigenvalue weighted by Crippen LogP contribution is 2.25. The molecule has 0 saturated heterocycles. The number of halogens is 1. The highest BCUT2D eigenvalue weighted by atomic mass is 19.1. The molecule has 0 aromatic heterocycles. The van der Waals surface area contributed by atoms with Gasteiger partial charge in [-0.2, -0.15) is 0 Å². The summed E-state index contributed by atoms with van der Waals surface area (Å²) in [5.74, 6) is -2.22. The van der Waals surface area contributed by atoms with Crippen molar-refractivity contribution in [3.63, 3.8) is 0 Å². The van der Waals surface area contributed by atoms with Crippen LogP contribution in [0.1, 0.15) is 17.3 Å². The van der Waals surface area contributed by atoms with Crippen molar-refractivity contribution in [2.45, 2.75) is 6.92 Å². The first kappa shape index (κ1) is 13.7. The van der Waals surface area contributed by atoms with E-state index in [-0.39, 0.29) is 29.3 Å². The molecule has 6 nitrogen and oxygen atoms in total. The number of carboxylic acids is 1. The molecule has 0 saturated carbocycles. The molecule has 0 aliphatic carbocycles. The van der Waals surface area contributed by atoms with Gasteiger partial charge in [-0.15, -0.1) is 0 Å². The Morgan fingerprint density at radius 1 is 1.35 bits per heavy atom. The number of carboxylic acid groups (broad SMARTS) is 1. The van der Waals surface area contributed by atoms with E-state index >= 15 is 0 Å². The van der Waals surface area contributed by atoms with Crippen molar-refractivity contribution in [3.05, 3.63) is 50.0 Å². The van der Waals surface area contributed by atoms with Crippen LogP contribution in [0.4, 0.5) is 15.8 Å². The monoisotopic (exact) mass is 279 g/mol. The van der Waals surface area contributed by atoms with Gasteiger partial charge in [0.1, 0.15) is 11.5 Å². The van der Waals surface area contributed by atoms with E-state index in [1.807, 2.05) is 0 Å². The molecule has 0 aliphatic heterocycles. The maximum atomic E-state index is 13.0. The normalized spacial score (nSPS) is 10.5. The average Bonchev–Trinajstić information content (AvgIpc) is 2.43. The molecule has 2 N–H and O–H groups in total. The van der Waals surface area contributed by atoms with Crippen molar-refractivity contribution in [1.29, 1.82) is 0 Å². The standard InChI is InChI=1S/C13H10FNO5/c1-2-20-12-9(10(16)11(12)17)15-8-4-3-6(14)5-7(8)13(18)19/h3-5,15H,2H2,1H3,(H,18,19). The predicted molar refractivity (Wildman–Crippen MR) is 69.2 cm³/mol. The number of hydrogen-bond donors (Lipinski definition) is 2. The van der Waals surface area contributed by atoms with Crippen molar-refractivity contribution in [2.24, 2.45) is 0 Å². The molecule has 0 fully saturated rings. The molecular weight excluding hydrogens is 269 g/mol. The smallest absolute Gasteiger partial charge is 0.337 e. The van der Waals surface area contributed by atoms with E-state index in [2.05, 4.69) is 5.32 Å². The SMILES string of the molecule is CCOc1c(Nc2ccc(F)cc2C(=O)O)c(=O)c1=O. The van der Waals surface area contributed by atoms with E-state index in [1.165, 1.54) is 6.07 Å². The zero-order chi connectivity index (χ0) is 14.9. The van der Waals surface area contributed by atoms with Crippen LogP contribution in [0, 0.1) is 5.82 Å². The van der Waals surface area contributed by atoms with Gasteiger partial charge < -0.3 is 15.2 Å². The van der Waals surface area contributed by atoms with Crippen LogP contribution in [0.5, 0.6) is 5.75 Å². The number of carbonyl (C=O) groups is 1. The molecule has 2 aromatic carbocycles. The van der Waals surface area contributed by atoms with Crippen LogP contribution >= 0.6 is 0 Å². The van der Waals surface area contributed by atoms with Gasteiger partial charge in [0.05, 0.1) is 17.9 Å². The second-order valence-electron chi connectivity index (χ2n) is 3.92. The highest BCUT2D eigenvalue weighted by Gasteiger charge is 2.24. The quantitative estimate of drug-likeness (QED) is 0.800. The fraction of sp³-hybridized carbons (Fsp3) is 0.154. The van der Waals surface area contributed by atoms with Gasteiger partial charge in [0.15, 0.2) is 5.75 Å². The molecular formula is C13H10FNO5. The summed E-state index contributed by atoms with van der Waals surface area (Å²) in [4.78, 5) is 33.7. The molecule has 104 valence electrons. The Kier molecular flexibility index (Phi) is 3.51. The second kappa shape index (κ2) is 5.12. The Bertz CT molecular complexity index is 746. The maximum Gasteiger partial charge on any atom is 0.337 e. The van der Waals surface area contributed by atoms with Gasteiger partial charge in [-0.25, -0.2) is 9.18 Å². The molecule has 2 rings (SSSR count). The van der Waals surface area contributed by atoms with Crippen LogP contribution in [0.3, 0.4) is 0 Å². The number of hydrogen-bond acceptors (Lipinski definition) is 5. The summed E-state index contributed by atoms with van der Waals surface area (Å²) in [6.45, 7) is 1.83. The van der Waals surface area contributed by atoms with Crippen molar-refractivity contribution < 1.29 is 19.0 Å². The topological polar surface area (TPSA) is 92.7 Å². The minimum atomic E-state index is -1.36. The molecule has 0 unspecified atom stereocenters. The van der Waals surface area contributed by atoms with Gasteiger partial charge in [0.25, 0.3) is 10.9 Å². The van der Waals surface area contributed by atoms with Gasteiger partial charge >= 0.3 is 5.97 Å². The van der Waals surface area contributed by atoms with Gasteiger partial charge in [-0.3, -0.25) is 9.59 Å². The third-order valence-corrected chi connectivity index (χ3v) is 2.63. The van der Waals surface area contributed by atoms with E-state index < -0.39 is 22.6 Å². The van der Waals surface area contributed by atoms with Gasteiger partial charge in [0.2, 0.25) is 0 Å². The molecule has 20 heavy (non-hydrogen) atoms. The molecule has 0 aliphatic rings. The number of benzene rings is 1. The molecule has 0 heterocycles. The molecule has 7 heteroatoms. The Balaban J connectivity index is 2.41. The summed E-state index contributed by atoms with van der Waals surface area (Å²) >= 11 is 0. The summed E-state index contributed by atoms with van der Waals surface area (Å²) < 4.78 is 18.0. The van der Waals surface area contributed by atoms with Crippen LogP contribution < -0.4 is 20.9 Å². The van der Waals surface area contributed by atoms with E-state index in [1.54, 1.807) is 6.92 Å². The Morgan fingerprint density at radius 2 is 2.05 bits per heavy atom. The van der Waals surface area contributed by atoms with Crippen LogP contribution in [0.15, 0.2) is 27.8 Å². The van der Waals surface area contributed by atoms with Crippen LogP contribution in [-0.4, -0.2) is 17.7 Å². The van der Waals surface area contributed by atoms with Crippen molar-refractivity contribution in [1.82, 2.24) is 0 Å². The predicted octanol–water partition coefficient (Wildman–Crippen LogP) is 1.26. The van der Waals surface area contributed by atoms with E-state index in [0.29, 0.717) is 0 Å². The molecule has 0 amide bonds. The number of nitrogens with one attached hydrogen (secondary N) is 1. The molecule has 2 aromatic rings. The molecule has 0 radical (unpaired) electrons. The first-order valence-electron chi connectivity index (χ1n) is 5.71. The molecule has 0 spiro atoms. The van der Waals surface area contributed by atoms with Crippen molar-refractivity contribution in [3.8, 4) is 5.75 Å². The second-order valence-corrected chi connectivity index (χ2v) is 3.92. The summed E-state index contributed by atoms with van der Waals surface area (Å²) in [7, 11) is 0. The zero-order valence-electron chi connectivity index (χ0n) is 10.4. The highest BCUT2D eigenvalue weighted by molar-refractivity contribution is 5.95. The molecule has 0 bridgehead atoms. The fourth-order valence-electron chi connectivity index (χ4n) is 1.70. The first-order valence-corrected chi connectivity index (χ1v) is 5.71. The maximum absolute atomic E-state index is 13.0. The zero-order valence-corrected chi connectivity index (χ0v) is 10.4. The lowest BCUT2D eigenvalue weighted by molar-refractivity contribution is 0.0697. The Morgan fingerprint density at radius 3 is 2.65 bits per heavy atom. The largest absolute Gasteiger partial charge is 0.488 e. The lowest BCUT2D eigenvalue weighted by Crippen LogP contribution is -2.35. The minimum absolute atomic E-state index is 0.00644. The van der Waals surface area contributed by atoms with Gasteiger partial charge in [-0.05, 0) is 25.1 Å². The van der Waals surface area contributed by atoms with Crippen molar-refractivity contribution in [2.75, 3.05) is 11.9 Å². The third kappa shape index (κ3) is 2.25. The first-order chi connectivity index (χ1) is 9.45. The fourth-order valence-corrected chi connectivity index (χ4v) is 1.70. The number of anilines is 2. The third-order valence-electron chi connectivity index (χ3n) is 2.63. The van der Waals surface area contributed by atoms with Crippen LogP contribution in [0.25, 0.3) is 0 Å². The summed E-state index contributed by atoms with van der Waals surface area (Å²) in [5, 5.41) is 11.5. The number of rotatable bonds is 5. The number of aromatic carboxylic acids is 1. The number of ether oxygens (including phenoxy) is 1. The van der Waals surface area contributed by atoms with E-state index in [4.69, 9.17) is 9.84 Å². The van der Waals surface area contributed by atoms with Crippen LogP contribution in [-0.2, 0) is 0 Å². The van der Waals surface area contributed by atoms with Crippen molar-refractivity contribution >= 4 is 17.3 Å². The van der Waals surface area contributed by atoms with Gasteiger partial charge in [-0.1, -0.05) is 0 Å². The Hall–Kier alpha value is -2.70. The summed E-state index contributed by atoms with van der Waals surface area (Å²) in [6, 6.07) is 3.03.